The minimum Gasteiger partial charge on any atom is -0.461 e. The zero-order valence-corrected chi connectivity index (χ0v) is 26.9. The van der Waals surface area contributed by atoms with E-state index in [1.54, 1.807) is 16.7 Å². The van der Waals surface area contributed by atoms with Gasteiger partial charge in [0.25, 0.3) is 0 Å². The number of halogens is 2. The van der Waals surface area contributed by atoms with Gasteiger partial charge in [-0.15, -0.1) is 5.10 Å². The van der Waals surface area contributed by atoms with Gasteiger partial charge >= 0.3 is 4.87 Å². The normalized spacial score (nSPS) is 15.0. The number of furan rings is 1. The summed E-state index contributed by atoms with van der Waals surface area (Å²) in [4.78, 5) is 41.2. The molecule has 15 heteroatoms. The van der Waals surface area contributed by atoms with Crippen molar-refractivity contribution in [1.82, 2.24) is 33.9 Å². The summed E-state index contributed by atoms with van der Waals surface area (Å²) in [6, 6.07) is 5.69. The summed E-state index contributed by atoms with van der Waals surface area (Å²) in [5.74, 6) is -1.17. The molecule has 4 aromatic heterocycles. The number of nitrogens with zero attached hydrogens (tertiary/aromatic N) is 8. The molecule has 1 unspecified atom stereocenters. The number of anilines is 2. The number of piperazine rings is 1. The molecule has 0 radical (unpaired) electrons. The second kappa shape index (κ2) is 13.3. The summed E-state index contributed by atoms with van der Waals surface area (Å²) >= 11 is 1.03. The number of benzene rings is 1. The fourth-order valence-electron chi connectivity index (χ4n) is 5.95. The molecule has 0 aliphatic carbocycles. The van der Waals surface area contributed by atoms with Gasteiger partial charge in [0, 0.05) is 51.3 Å². The Morgan fingerprint density at radius 3 is 2.59 bits per heavy atom. The second-order valence-corrected chi connectivity index (χ2v) is 12.8. The Hall–Kier alpha value is -4.21. The van der Waals surface area contributed by atoms with Crippen LogP contribution in [0.4, 0.5) is 20.4 Å². The van der Waals surface area contributed by atoms with Crippen LogP contribution in [-0.4, -0.2) is 93.1 Å². The lowest BCUT2D eigenvalue weighted by atomic mass is 9.90. The molecule has 0 bridgehead atoms. The van der Waals surface area contributed by atoms with Gasteiger partial charge in [-0.25, -0.2) is 13.8 Å². The number of Topliss-reactive ketones (excluding diaryl/α,β-unsaturated/α-hetero) is 1. The number of rotatable bonds is 12. The molecular formula is C31H37F2N9O3S. The molecule has 244 valence electrons. The molecule has 5 aromatic rings. The number of ketones is 1. The average molecular weight is 654 g/mol. The number of nitrogen functional groups attached to an aromatic ring is 1. The summed E-state index contributed by atoms with van der Waals surface area (Å²) < 4.78 is 38.9. The zero-order chi connectivity index (χ0) is 32.5. The van der Waals surface area contributed by atoms with Crippen LogP contribution in [-0.2, 0) is 6.54 Å². The fraction of sp³-hybridized carbons (Fsp3) is 0.452. The van der Waals surface area contributed by atoms with Crippen molar-refractivity contribution in [2.45, 2.75) is 32.7 Å². The molecule has 1 aliphatic rings. The van der Waals surface area contributed by atoms with Gasteiger partial charge in [-0.1, -0.05) is 18.3 Å². The molecule has 0 saturated carbocycles. The molecule has 1 aliphatic heterocycles. The minimum atomic E-state index is -0.820. The number of fused-ring (bicyclic) bond motifs is 3. The topological polar surface area (TPSA) is 131 Å². The Bertz CT molecular complexity index is 1910. The molecule has 1 saturated heterocycles. The van der Waals surface area contributed by atoms with Crippen LogP contribution in [0.3, 0.4) is 0 Å². The van der Waals surface area contributed by atoms with Crippen LogP contribution >= 0.6 is 11.3 Å². The van der Waals surface area contributed by atoms with Crippen molar-refractivity contribution in [3.8, 4) is 11.6 Å². The molecule has 5 heterocycles. The summed E-state index contributed by atoms with van der Waals surface area (Å²) in [7, 11) is 3.95. The highest BCUT2D eigenvalue weighted by Gasteiger charge is 2.27. The lowest BCUT2D eigenvalue weighted by molar-refractivity contribution is 0.0902. The Balaban J connectivity index is 1.13. The highest BCUT2D eigenvalue weighted by Crippen LogP contribution is 2.29. The predicted octanol–water partition coefficient (Wildman–Crippen LogP) is 3.99. The first-order chi connectivity index (χ1) is 22.1. The van der Waals surface area contributed by atoms with Gasteiger partial charge in [-0.3, -0.25) is 19.1 Å². The van der Waals surface area contributed by atoms with E-state index in [4.69, 9.17) is 10.2 Å². The minimum absolute atomic E-state index is 0.0518. The quantitative estimate of drug-likeness (QED) is 0.197. The summed E-state index contributed by atoms with van der Waals surface area (Å²) in [5, 5.41) is 4.39. The van der Waals surface area contributed by atoms with Gasteiger partial charge in [0.05, 0.1) is 17.5 Å². The summed E-state index contributed by atoms with van der Waals surface area (Å²) in [6.45, 7) is 5.84. The number of hydrogen-bond donors (Lipinski definition) is 1. The van der Waals surface area contributed by atoms with Gasteiger partial charge in [-0.05, 0) is 58.1 Å². The maximum Gasteiger partial charge on any atom is 0.309 e. The molecule has 1 atom stereocenters. The van der Waals surface area contributed by atoms with Crippen molar-refractivity contribution in [2.75, 3.05) is 64.0 Å². The standard InChI is InChI=1S/C31H37F2N9O3S/c1-4-19(7-5-9-38(2)3)25(43)20-17-23(22(33)18-21(20)32)40-13-10-39(11-14-40)12-15-41-28-26(46-31(41)44)29-35-27(24-8-6-16-45-24)37-42(29)30(34)36-28/h6,8,16-19H,4-5,7,9-15H2,1-3H3,(H2,34,36). The Kier molecular flexibility index (Phi) is 9.15. The maximum absolute atomic E-state index is 15.0. The average Bonchev–Trinajstić information content (AvgIpc) is 3.78. The summed E-state index contributed by atoms with van der Waals surface area (Å²) in [5.41, 5.74) is 7.25. The van der Waals surface area contributed by atoms with E-state index in [9.17, 15) is 14.0 Å². The molecular weight excluding hydrogens is 616 g/mol. The summed E-state index contributed by atoms with van der Waals surface area (Å²) in [6.07, 6.45) is 3.60. The van der Waals surface area contributed by atoms with E-state index in [2.05, 4.69) is 24.9 Å². The van der Waals surface area contributed by atoms with Crippen LogP contribution in [0.25, 0.3) is 27.6 Å². The van der Waals surface area contributed by atoms with Gasteiger partial charge in [-0.2, -0.15) is 9.50 Å². The van der Waals surface area contributed by atoms with Crippen LogP contribution in [0.1, 0.15) is 36.5 Å². The third-order valence-corrected chi connectivity index (χ3v) is 9.50. The van der Waals surface area contributed by atoms with E-state index in [0.29, 0.717) is 79.7 Å². The number of hydrogen-bond acceptors (Lipinski definition) is 11. The van der Waals surface area contributed by atoms with Crippen LogP contribution in [0.15, 0.2) is 39.7 Å². The van der Waals surface area contributed by atoms with E-state index in [0.717, 1.165) is 30.4 Å². The van der Waals surface area contributed by atoms with Crippen molar-refractivity contribution in [3.05, 3.63) is 57.4 Å². The first kappa shape index (κ1) is 31.8. The number of nitrogens with two attached hydrogens (primary N) is 1. The highest BCUT2D eigenvalue weighted by molar-refractivity contribution is 7.17. The zero-order valence-electron chi connectivity index (χ0n) is 26.1. The van der Waals surface area contributed by atoms with Gasteiger partial charge in [0.2, 0.25) is 11.8 Å². The number of aromatic nitrogens is 5. The van der Waals surface area contributed by atoms with Crippen molar-refractivity contribution >= 4 is 44.8 Å². The Morgan fingerprint density at radius 1 is 1.11 bits per heavy atom. The van der Waals surface area contributed by atoms with E-state index in [-0.39, 0.29) is 33.8 Å². The van der Waals surface area contributed by atoms with Crippen LogP contribution in [0.5, 0.6) is 0 Å². The second-order valence-electron chi connectivity index (χ2n) is 11.8. The fourth-order valence-corrected chi connectivity index (χ4v) is 6.89. The monoisotopic (exact) mass is 653 g/mol. The van der Waals surface area contributed by atoms with Crippen LogP contribution in [0, 0.1) is 17.6 Å². The smallest absolute Gasteiger partial charge is 0.309 e. The molecule has 0 amide bonds. The molecule has 12 nitrogen and oxygen atoms in total. The van der Waals surface area contributed by atoms with Gasteiger partial charge < -0.3 is 20.0 Å². The van der Waals surface area contributed by atoms with Crippen molar-refractivity contribution < 1.29 is 18.0 Å². The number of carbonyl (C=O) groups is 1. The molecule has 1 aromatic carbocycles. The largest absolute Gasteiger partial charge is 0.461 e. The highest BCUT2D eigenvalue weighted by atomic mass is 32.1. The number of carbonyl (C=O) groups excluding carboxylic acids is 1. The SMILES string of the molecule is CCC(CCCN(C)C)C(=O)c1cc(N2CCN(CCn3c(=O)sc4c3nc(N)n3nc(-c5ccco5)nc43)CC2)c(F)cc1F. The molecule has 2 N–H and O–H groups in total. The lowest BCUT2D eigenvalue weighted by Gasteiger charge is -2.36. The molecule has 6 rings (SSSR count). The molecule has 0 spiro atoms. The third-order valence-electron chi connectivity index (χ3n) is 8.53. The van der Waals surface area contributed by atoms with Gasteiger partial charge in [0.15, 0.2) is 22.8 Å². The van der Waals surface area contributed by atoms with E-state index < -0.39 is 11.6 Å². The van der Waals surface area contributed by atoms with Gasteiger partial charge in [0.1, 0.15) is 16.3 Å². The Labute approximate surface area is 268 Å². The first-order valence-corrected chi connectivity index (χ1v) is 16.2. The van der Waals surface area contributed by atoms with Crippen LogP contribution < -0.4 is 15.5 Å². The van der Waals surface area contributed by atoms with Crippen LogP contribution in [0.2, 0.25) is 0 Å². The predicted molar refractivity (Wildman–Crippen MR) is 173 cm³/mol. The van der Waals surface area contributed by atoms with Crippen molar-refractivity contribution in [2.24, 2.45) is 5.92 Å². The maximum atomic E-state index is 15.0. The first-order valence-electron chi connectivity index (χ1n) is 15.4. The Morgan fingerprint density at radius 2 is 1.89 bits per heavy atom. The third kappa shape index (κ3) is 6.26. The van der Waals surface area contributed by atoms with E-state index in [1.165, 1.54) is 16.8 Å². The molecule has 1 fully saturated rings. The van der Waals surface area contributed by atoms with Crippen molar-refractivity contribution in [3.63, 3.8) is 0 Å². The van der Waals surface area contributed by atoms with E-state index >= 15 is 4.39 Å². The lowest BCUT2D eigenvalue weighted by Crippen LogP contribution is -2.47. The number of thiazole rings is 1. The van der Waals surface area contributed by atoms with E-state index in [1.807, 2.05) is 25.9 Å². The molecule has 46 heavy (non-hydrogen) atoms. The van der Waals surface area contributed by atoms with Crippen molar-refractivity contribution in [1.29, 1.82) is 0 Å².